The van der Waals surface area contributed by atoms with Crippen LogP contribution in [0.4, 0.5) is 15.8 Å². The highest BCUT2D eigenvalue weighted by molar-refractivity contribution is 6.31. The number of ether oxygens (including phenoxy) is 1. The highest BCUT2D eigenvalue weighted by atomic mass is 35.5. The Labute approximate surface area is 133 Å². The van der Waals surface area contributed by atoms with E-state index in [1.165, 1.54) is 12.1 Å². The van der Waals surface area contributed by atoms with Crippen LogP contribution in [0.25, 0.3) is 0 Å². The molecule has 0 aromatic heterocycles. The zero-order chi connectivity index (χ0) is 15.9. The molecule has 2 aromatic carbocycles. The first kappa shape index (κ1) is 16.1. The molecule has 0 bridgehead atoms. The van der Waals surface area contributed by atoms with Crippen LogP contribution >= 0.6 is 11.6 Å². The van der Waals surface area contributed by atoms with Crippen molar-refractivity contribution in [1.29, 1.82) is 0 Å². The van der Waals surface area contributed by atoms with Gasteiger partial charge in [0, 0.05) is 30.4 Å². The van der Waals surface area contributed by atoms with E-state index < -0.39 is 5.82 Å². The molecule has 0 aliphatic rings. The molecule has 116 valence electrons. The Morgan fingerprint density at radius 3 is 2.77 bits per heavy atom. The van der Waals surface area contributed by atoms with Gasteiger partial charge in [-0.2, -0.15) is 0 Å². The Morgan fingerprint density at radius 1 is 1.23 bits per heavy atom. The van der Waals surface area contributed by atoms with Gasteiger partial charge in [-0.25, -0.2) is 4.39 Å². The number of rotatable bonds is 6. The van der Waals surface area contributed by atoms with Gasteiger partial charge in [-0.15, -0.1) is 0 Å². The Morgan fingerprint density at radius 2 is 2.05 bits per heavy atom. The number of benzene rings is 2. The first-order valence-corrected chi connectivity index (χ1v) is 7.09. The zero-order valence-corrected chi connectivity index (χ0v) is 12.8. The lowest BCUT2D eigenvalue weighted by atomic mass is 10.2. The third kappa shape index (κ3) is 4.63. The SMILES string of the molecule is COc1cccc(NC(=O)CCNc2ccc(F)c(Cl)c2)c1. The maximum absolute atomic E-state index is 13.0. The van der Waals surface area contributed by atoms with Gasteiger partial charge in [0.25, 0.3) is 0 Å². The van der Waals surface area contributed by atoms with Crippen molar-refractivity contribution < 1.29 is 13.9 Å². The molecule has 2 N–H and O–H groups in total. The Balaban J connectivity index is 1.81. The summed E-state index contributed by atoms with van der Waals surface area (Å²) in [4.78, 5) is 11.8. The van der Waals surface area contributed by atoms with Crippen LogP contribution < -0.4 is 15.4 Å². The predicted octanol–water partition coefficient (Wildman–Crippen LogP) is 3.93. The minimum Gasteiger partial charge on any atom is -0.497 e. The fourth-order valence-corrected chi connectivity index (χ4v) is 2.03. The van der Waals surface area contributed by atoms with E-state index in [1.807, 2.05) is 0 Å². The second-order valence-electron chi connectivity index (χ2n) is 4.59. The summed E-state index contributed by atoms with van der Waals surface area (Å²) in [5, 5.41) is 5.84. The van der Waals surface area contributed by atoms with E-state index in [4.69, 9.17) is 16.3 Å². The lowest BCUT2D eigenvalue weighted by molar-refractivity contribution is -0.115. The van der Waals surface area contributed by atoms with Crippen LogP contribution in [0.5, 0.6) is 5.75 Å². The van der Waals surface area contributed by atoms with Crippen molar-refractivity contribution in [2.24, 2.45) is 0 Å². The molecule has 2 rings (SSSR count). The molecule has 0 spiro atoms. The highest BCUT2D eigenvalue weighted by Gasteiger charge is 2.04. The van der Waals surface area contributed by atoms with E-state index in [0.717, 1.165) is 0 Å². The number of carbonyl (C=O) groups excluding carboxylic acids is 1. The van der Waals surface area contributed by atoms with Gasteiger partial charge in [0.15, 0.2) is 0 Å². The summed E-state index contributed by atoms with van der Waals surface area (Å²) in [5.74, 6) is 0.0776. The minimum atomic E-state index is -0.469. The van der Waals surface area contributed by atoms with E-state index in [1.54, 1.807) is 37.4 Å². The van der Waals surface area contributed by atoms with E-state index in [0.29, 0.717) is 23.7 Å². The maximum atomic E-state index is 13.0. The smallest absolute Gasteiger partial charge is 0.226 e. The van der Waals surface area contributed by atoms with Crippen molar-refractivity contribution in [3.63, 3.8) is 0 Å². The third-order valence-corrected chi connectivity index (χ3v) is 3.24. The molecule has 0 saturated carbocycles. The number of amides is 1. The van der Waals surface area contributed by atoms with Crippen molar-refractivity contribution >= 4 is 28.9 Å². The van der Waals surface area contributed by atoms with Gasteiger partial charge in [0.05, 0.1) is 12.1 Å². The predicted molar refractivity (Wildman–Crippen MR) is 86.1 cm³/mol. The summed E-state index contributed by atoms with van der Waals surface area (Å²) in [6.07, 6.45) is 0.270. The van der Waals surface area contributed by atoms with Gasteiger partial charge in [0.2, 0.25) is 5.91 Å². The standard InChI is InChI=1S/C16H16ClFN2O2/c1-22-13-4-2-3-12(9-13)20-16(21)7-8-19-11-5-6-15(18)14(17)10-11/h2-6,9-10,19H,7-8H2,1H3,(H,20,21). The van der Waals surface area contributed by atoms with E-state index >= 15 is 0 Å². The number of hydrogen-bond donors (Lipinski definition) is 2. The summed E-state index contributed by atoms with van der Waals surface area (Å²) in [7, 11) is 1.57. The molecule has 0 heterocycles. The fourth-order valence-electron chi connectivity index (χ4n) is 1.85. The molecule has 22 heavy (non-hydrogen) atoms. The van der Waals surface area contributed by atoms with Gasteiger partial charge in [-0.3, -0.25) is 4.79 Å². The van der Waals surface area contributed by atoms with Crippen LogP contribution in [-0.4, -0.2) is 19.6 Å². The normalized spacial score (nSPS) is 10.1. The van der Waals surface area contributed by atoms with E-state index in [-0.39, 0.29) is 17.4 Å². The lowest BCUT2D eigenvalue weighted by Gasteiger charge is -2.09. The first-order valence-electron chi connectivity index (χ1n) is 6.71. The van der Waals surface area contributed by atoms with Crippen LogP contribution in [0.1, 0.15) is 6.42 Å². The zero-order valence-electron chi connectivity index (χ0n) is 12.0. The molecule has 2 aromatic rings. The van der Waals surface area contributed by atoms with Crippen molar-refractivity contribution in [3.05, 3.63) is 53.3 Å². The number of carbonyl (C=O) groups is 1. The maximum Gasteiger partial charge on any atom is 0.226 e. The molecule has 0 unspecified atom stereocenters. The van der Waals surface area contributed by atoms with Crippen LogP contribution in [0.2, 0.25) is 5.02 Å². The number of halogens is 2. The van der Waals surface area contributed by atoms with Crippen LogP contribution in [0, 0.1) is 5.82 Å². The molecule has 0 aliphatic carbocycles. The number of nitrogens with one attached hydrogen (secondary N) is 2. The largest absolute Gasteiger partial charge is 0.497 e. The fraction of sp³-hybridized carbons (Fsp3) is 0.188. The molecular weight excluding hydrogens is 307 g/mol. The molecule has 0 saturated heterocycles. The minimum absolute atomic E-state index is 0.0471. The van der Waals surface area contributed by atoms with Gasteiger partial charge < -0.3 is 15.4 Å². The summed E-state index contributed by atoms with van der Waals surface area (Å²) in [6, 6.07) is 11.5. The summed E-state index contributed by atoms with van der Waals surface area (Å²) in [5.41, 5.74) is 1.34. The second-order valence-corrected chi connectivity index (χ2v) is 4.99. The Bertz CT molecular complexity index is 664. The average molecular weight is 323 g/mol. The topological polar surface area (TPSA) is 50.4 Å². The van der Waals surface area contributed by atoms with Crippen LogP contribution in [-0.2, 0) is 4.79 Å². The molecule has 0 aliphatic heterocycles. The van der Waals surface area contributed by atoms with Gasteiger partial charge in [-0.05, 0) is 30.3 Å². The lowest BCUT2D eigenvalue weighted by Crippen LogP contribution is -2.16. The number of methoxy groups -OCH3 is 1. The Hall–Kier alpha value is -2.27. The molecule has 4 nitrogen and oxygen atoms in total. The Kier molecular flexibility index (Phi) is 5.61. The summed E-state index contributed by atoms with van der Waals surface area (Å²) < 4.78 is 18.1. The van der Waals surface area contributed by atoms with Gasteiger partial charge >= 0.3 is 0 Å². The second kappa shape index (κ2) is 7.66. The number of hydrogen-bond acceptors (Lipinski definition) is 3. The monoisotopic (exact) mass is 322 g/mol. The van der Waals surface area contributed by atoms with Crippen molar-refractivity contribution in [2.75, 3.05) is 24.3 Å². The molecule has 0 fully saturated rings. The molecule has 1 amide bonds. The third-order valence-electron chi connectivity index (χ3n) is 2.95. The first-order chi connectivity index (χ1) is 10.6. The van der Waals surface area contributed by atoms with E-state index in [9.17, 15) is 9.18 Å². The quantitative estimate of drug-likeness (QED) is 0.847. The molecule has 6 heteroatoms. The average Bonchev–Trinajstić information content (AvgIpc) is 2.51. The summed E-state index contributed by atoms with van der Waals surface area (Å²) >= 11 is 5.69. The highest BCUT2D eigenvalue weighted by Crippen LogP contribution is 2.19. The van der Waals surface area contributed by atoms with Gasteiger partial charge in [-0.1, -0.05) is 17.7 Å². The summed E-state index contributed by atoms with van der Waals surface area (Å²) in [6.45, 7) is 0.414. The number of anilines is 2. The van der Waals surface area contributed by atoms with Crippen molar-refractivity contribution in [2.45, 2.75) is 6.42 Å². The van der Waals surface area contributed by atoms with Gasteiger partial charge in [0.1, 0.15) is 11.6 Å². The van der Waals surface area contributed by atoms with Crippen molar-refractivity contribution in [3.8, 4) is 5.75 Å². The van der Waals surface area contributed by atoms with Crippen LogP contribution in [0.15, 0.2) is 42.5 Å². The van der Waals surface area contributed by atoms with E-state index in [2.05, 4.69) is 10.6 Å². The van der Waals surface area contributed by atoms with Crippen molar-refractivity contribution in [1.82, 2.24) is 0 Å². The molecule has 0 radical (unpaired) electrons. The molecule has 0 atom stereocenters. The van der Waals surface area contributed by atoms with Crippen LogP contribution in [0.3, 0.4) is 0 Å². The molecular formula is C16H16ClFN2O2.